The molecular formula is C28H26N2O4S2. The van der Waals surface area contributed by atoms with E-state index in [0.29, 0.717) is 32.3 Å². The van der Waals surface area contributed by atoms with Crippen molar-refractivity contribution in [3.05, 3.63) is 88.8 Å². The maximum Gasteiger partial charge on any atom is 0.270 e. The zero-order valence-electron chi connectivity index (χ0n) is 20.2. The molecule has 8 heteroatoms. The first-order valence-corrected chi connectivity index (χ1v) is 12.6. The molecule has 2 amide bonds. The van der Waals surface area contributed by atoms with Gasteiger partial charge in [-0.3, -0.25) is 14.5 Å². The Morgan fingerprint density at radius 2 is 1.75 bits per heavy atom. The fraction of sp³-hybridized carbons (Fsp3) is 0.179. The van der Waals surface area contributed by atoms with E-state index >= 15 is 0 Å². The SMILES string of the molecule is COc1ccccc1N1C(=O)/C(=C\c2ccc(OCC(=O)Nc3ccccc3C(C)C)cc2)SC1=S. The minimum atomic E-state index is -0.229. The van der Waals surface area contributed by atoms with Gasteiger partial charge >= 0.3 is 0 Å². The number of para-hydroxylation sites is 3. The van der Waals surface area contributed by atoms with Crippen molar-refractivity contribution < 1.29 is 19.1 Å². The number of benzene rings is 3. The van der Waals surface area contributed by atoms with Crippen LogP contribution in [0, 0.1) is 0 Å². The van der Waals surface area contributed by atoms with Crippen LogP contribution in [0.2, 0.25) is 0 Å². The van der Waals surface area contributed by atoms with Gasteiger partial charge in [0.05, 0.1) is 17.7 Å². The first kappa shape index (κ1) is 25.5. The number of anilines is 2. The quantitative estimate of drug-likeness (QED) is 0.281. The van der Waals surface area contributed by atoms with Gasteiger partial charge in [-0.2, -0.15) is 0 Å². The first-order chi connectivity index (χ1) is 17.4. The molecule has 0 aromatic heterocycles. The number of ether oxygens (including phenoxy) is 2. The van der Waals surface area contributed by atoms with Gasteiger partial charge in [-0.1, -0.05) is 80.3 Å². The Balaban J connectivity index is 1.39. The fourth-order valence-electron chi connectivity index (χ4n) is 3.75. The first-order valence-electron chi connectivity index (χ1n) is 11.4. The molecule has 184 valence electrons. The highest BCUT2D eigenvalue weighted by Gasteiger charge is 2.34. The average Bonchev–Trinajstić information content (AvgIpc) is 3.15. The fourth-order valence-corrected chi connectivity index (χ4v) is 5.04. The number of methoxy groups -OCH3 is 1. The van der Waals surface area contributed by atoms with E-state index < -0.39 is 0 Å². The number of hydrogen-bond acceptors (Lipinski definition) is 6. The molecule has 0 saturated carbocycles. The van der Waals surface area contributed by atoms with Crippen LogP contribution in [0.4, 0.5) is 11.4 Å². The van der Waals surface area contributed by atoms with Crippen molar-refractivity contribution >= 4 is 57.6 Å². The molecule has 1 fully saturated rings. The Hall–Kier alpha value is -3.62. The van der Waals surface area contributed by atoms with Crippen molar-refractivity contribution in [2.45, 2.75) is 19.8 Å². The van der Waals surface area contributed by atoms with Crippen LogP contribution >= 0.6 is 24.0 Å². The molecular weight excluding hydrogens is 492 g/mol. The molecule has 0 spiro atoms. The molecule has 3 aromatic carbocycles. The van der Waals surface area contributed by atoms with Crippen molar-refractivity contribution in [3.63, 3.8) is 0 Å². The number of nitrogens with zero attached hydrogens (tertiary/aromatic N) is 1. The zero-order valence-corrected chi connectivity index (χ0v) is 21.8. The zero-order chi connectivity index (χ0) is 25.7. The predicted octanol–water partition coefficient (Wildman–Crippen LogP) is 6.24. The second kappa shape index (κ2) is 11.4. The number of thioether (sulfide) groups is 1. The van der Waals surface area contributed by atoms with Gasteiger partial charge in [-0.25, -0.2) is 0 Å². The summed E-state index contributed by atoms with van der Waals surface area (Å²) in [5.74, 6) is 1.000. The van der Waals surface area contributed by atoms with Gasteiger partial charge in [-0.05, 0) is 53.5 Å². The van der Waals surface area contributed by atoms with Gasteiger partial charge in [0.2, 0.25) is 0 Å². The van der Waals surface area contributed by atoms with Crippen LogP contribution in [0.3, 0.4) is 0 Å². The molecule has 1 aliphatic heterocycles. The lowest BCUT2D eigenvalue weighted by Gasteiger charge is -2.17. The molecule has 0 atom stereocenters. The number of rotatable bonds is 8. The Kier molecular flexibility index (Phi) is 8.07. The van der Waals surface area contributed by atoms with Crippen LogP contribution in [0.15, 0.2) is 77.7 Å². The van der Waals surface area contributed by atoms with Gasteiger partial charge in [-0.15, -0.1) is 0 Å². The van der Waals surface area contributed by atoms with Crippen LogP contribution in [0.1, 0.15) is 30.9 Å². The number of nitrogens with one attached hydrogen (secondary N) is 1. The van der Waals surface area contributed by atoms with Gasteiger partial charge in [0.15, 0.2) is 10.9 Å². The van der Waals surface area contributed by atoms with Gasteiger partial charge < -0.3 is 14.8 Å². The summed E-state index contributed by atoms with van der Waals surface area (Å²) in [6.07, 6.45) is 1.79. The van der Waals surface area contributed by atoms with Crippen molar-refractivity contribution in [2.75, 3.05) is 23.9 Å². The lowest BCUT2D eigenvalue weighted by molar-refractivity contribution is -0.118. The predicted molar refractivity (Wildman–Crippen MR) is 150 cm³/mol. The monoisotopic (exact) mass is 518 g/mol. The minimum absolute atomic E-state index is 0.108. The standard InChI is InChI=1S/C28H26N2O4S2/c1-18(2)21-8-4-5-9-22(21)29-26(31)17-34-20-14-12-19(13-15-20)16-25-27(32)30(28(35)36-25)23-10-6-7-11-24(23)33-3/h4-16,18H,17H2,1-3H3,(H,29,31)/b25-16+. The van der Waals surface area contributed by atoms with E-state index in [1.807, 2.05) is 48.5 Å². The summed E-state index contributed by atoms with van der Waals surface area (Å²) in [6, 6.07) is 22.2. The molecule has 3 aromatic rings. The molecule has 1 aliphatic rings. The van der Waals surface area contributed by atoms with Gasteiger partial charge in [0.1, 0.15) is 11.5 Å². The summed E-state index contributed by atoms with van der Waals surface area (Å²) in [5, 5.41) is 2.92. The van der Waals surface area contributed by atoms with E-state index in [0.717, 1.165) is 16.8 Å². The maximum atomic E-state index is 13.1. The van der Waals surface area contributed by atoms with Gasteiger partial charge in [0, 0.05) is 5.69 Å². The minimum Gasteiger partial charge on any atom is -0.495 e. The molecule has 36 heavy (non-hydrogen) atoms. The molecule has 0 radical (unpaired) electrons. The number of amides is 2. The van der Waals surface area contributed by atoms with E-state index in [9.17, 15) is 9.59 Å². The van der Waals surface area contributed by atoms with Crippen molar-refractivity contribution in [2.24, 2.45) is 0 Å². The molecule has 1 saturated heterocycles. The Morgan fingerprint density at radius 1 is 1.06 bits per heavy atom. The molecule has 0 unspecified atom stereocenters. The van der Waals surface area contributed by atoms with Crippen LogP contribution in [-0.4, -0.2) is 29.9 Å². The lowest BCUT2D eigenvalue weighted by atomic mass is 10.0. The van der Waals surface area contributed by atoms with Crippen LogP contribution in [0.25, 0.3) is 6.08 Å². The molecule has 0 aliphatic carbocycles. The second-order valence-corrected chi connectivity index (χ2v) is 10.0. The van der Waals surface area contributed by atoms with E-state index in [2.05, 4.69) is 19.2 Å². The van der Waals surface area contributed by atoms with Crippen molar-refractivity contribution in [1.29, 1.82) is 0 Å². The summed E-state index contributed by atoms with van der Waals surface area (Å²) < 4.78 is 11.5. The molecule has 4 rings (SSSR count). The summed E-state index contributed by atoms with van der Waals surface area (Å²) >= 11 is 6.70. The summed E-state index contributed by atoms with van der Waals surface area (Å²) in [6.45, 7) is 4.06. The molecule has 6 nitrogen and oxygen atoms in total. The maximum absolute atomic E-state index is 13.1. The number of carbonyl (C=O) groups is 2. The topological polar surface area (TPSA) is 67.9 Å². The highest BCUT2D eigenvalue weighted by Crippen LogP contribution is 2.39. The summed E-state index contributed by atoms with van der Waals surface area (Å²) in [4.78, 5) is 27.5. The van der Waals surface area contributed by atoms with E-state index in [1.165, 1.54) is 16.7 Å². The normalized spacial score (nSPS) is 14.4. The largest absolute Gasteiger partial charge is 0.495 e. The highest BCUT2D eigenvalue weighted by atomic mass is 32.2. The summed E-state index contributed by atoms with van der Waals surface area (Å²) in [7, 11) is 1.56. The third kappa shape index (κ3) is 5.78. The second-order valence-electron chi connectivity index (χ2n) is 8.34. The van der Waals surface area contributed by atoms with Gasteiger partial charge in [0.25, 0.3) is 11.8 Å². The van der Waals surface area contributed by atoms with Crippen molar-refractivity contribution in [1.82, 2.24) is 0 Å². The van der Waals surface area contributed by atoms with Crippen molar-refractivity contribution in [3.8, 4) is 11.5 Å². The van der Waals surface area contributed by atoms with Crippen LogP contribution in [-0.2, 0) is 9.59 Å². The average molecular weight is 519 g/mol. The molecule has 0 bridgehead atoms. The smallest absolute Gasteiger partial charge is 0.270 e. The number of carbonyl (C=O) groups excluding carboxylic acids is 2. The third-order valence-corrected chi connectivity index (χ3v) is 6.83. The third-order valence-electron chi connectivity index (χ3n) is 5.52. The molecule has 1 N–H and O–H groups in total. The highest BCUT2D eigenvalue weighted by molar-refractivity contribution is 8.27. The number of hydrogen-bond donors (Lipinski definition) is 1. The van der Waals surface area contributed by atoms with Crippen LogP contribution in [0.5, 0.6) is 11.5 Å². The number of thiocarbonyl (C=S) groups is 1. The van der Waals surface area contributed by atoms with E-state index in [4.69, 9.17) is 21.7 Å². The van der Waals surface area contributed by atoms with E-state index in [-0.39, 0.29) is 18.4 Å². The Morgan fingerprint density at radius 3 is 2.47 bits per heavy atom. The summed E-state index contributed by atoms with van der Waals surface area (Å²) in [5.41, 5.74) is 3.30. The van der Waals surface area contributed by atoms with Crippen LogP contribution < -0.4 is 19.7 Å². The lowest BCUT2D eigenvalue weighted by Crippen LogP contribution is -2.27. The van der Waals surface area contributed by atoms with E-state index in [1.54, 1.807) is 37.5 Å². The Labute approximate surface area is 220 Å². The molecule has 1 heterocycles. The Bertz CT molecular complexity index is 1320.